The third kappa shape index (κ3) is 7.33. The van der Waals surface area contributed by atoms with Crippen LogP contribution in [0.15, 0.2) is 35.7 Å². The summed E-state index contributed by atoms with van der Waals surface area (Å²) in [5.41, 5.74) is 11.7. The first kappa shape index (κ1) is 26.3. The number of hydrogen-bond donors (Lipinski definition) is 5. The number of nitrogens with two attached hydrogens (primary N) is 2. The van der Waals surface area contributed by atoms with E-state index >= 15 is 0 Å². The number of carbonyl (C=O) groups is 2. The minimum Gasteiger partial charge on any atom is -0.444 e. The van der Waals surface area contributed by atoms with Crippen LogP contribution in [0.4, 0.5) is 15.1 Å². The predicted octanol–water partition coefficient (Wildman–Crippen LogP) is 0.469. The van der Waals surface area contributed by atoms with Gasteiger partial charge in [-0.05, 0) is 6.42 Å². The van der Waals surface area contributed by atoms with Gasteiger partial charge >= 0.3 is 6.09 Å². The van der Waals surface area contributed by atoms with Crippen molar-refractivity contribution in [1.82, 2.24) is 15.3 Å². The largest absolute Gasteiger partial charge is 0.444 e. The molecular formula is C22H27FN8O5. The van der Waals surface area contributed by atoms with Crippen LogP contribution in [0.3, 0.4) is 0 Å². The second kappa shape index (κ2) is 12.4. The van der Waals surface area contributed by atoms with Gasteiger partial charge in [0, 0.05) is 48.0 Å². The highest BCUT2D eigenvalue weighted by molar-refractivity contribution is 5.98. The number of guanidine groups is 1. The average molecular weight is 503 g/mol. The lowest BCUT2D eigenvalue weighted by atomic mass is 10.1. The van der Waals surface area contributed by atoms with Crippen molar-refractivity contribution in [3.63, 3.8) is 0 Å². The fraction of sp³-hybridized carbons (Fsp3) is 0.364. The number of carbonyl (C=O) groups excluding carboxylic acids is 2. The van der Waals surface area contributed by atoms with Crippen LogP contribution in [-0.4, -0.2) is 65.0 Å². The van der Waals surface area contributed by atoms with Gasteiger partial charge in [0.2, 0.25) is 11.9 Å². The molecule has 0 aliphatic carbocycles. The summed E-state index contributed by atoms with van der Waals surface area (Å²) in [5.74, 6) is -1.38. The number of nitrogens with one attached hydrogen (secondary N) is 2. The van der Waals surface area contributed by atoms with Gasteiger partial charge in [-0.3, -0.25) is 15.5 Å². The third-order valence-electron chi connectivity index (χ3n) is 5.21. The number of benzene rings is 1. The summed E-state index contributed by atoms with van der Waals surface area (Å²) < 4.78 is 19.8. The van der Waals surface area contributed by atoms with E-state index in [9.17, 15) is 19.1 Å². The molecule has 0 radical (unpaired) electrons. The number of halogens is 1. The molecule has 14 heteroatoms. The van der Waals surface area contributed by atoms with Gasteiger partial charge in [-0.15, -0.1) is 0 Å². The standard InChI is InChI=1S/C22H27FN8O5/c23-19-14(12-35-22(34)29-20(25)26)2-1-3-17(19)15-6-27-21(28-7-15)31-8-16(9-31)30-36-11-13(10-32)4-5-18(24)33/h1-3,6-7,13,32H,4-5,8-12H2,(H2,24,33)(H4,25,26,29,34). The molecule has 1 unspecified atom stereocenters. The molecule has 1 aliphatic rings. The maximum absolute atomic E-state index is 14.9. The van der Waals surface area contributed by atoms with Gasteiger partial charge in [0.25, 0.3) is 0 Å². The van der Waals surface area contributed by atoms with Gasteiger partial charge in [0.1, 0.15) is 19.0 Å². The molecule has 13 nitrogen and oxygen atoms in total. The molecule has 1 saturated heterocycles. The maximum atomic E-state index is 14.9. The minimum atomic E-state index is -0.959. The first-order valence-electron chi connectivity index (χ1n) is 11.0. The Morgan fingerprint density at radius 2 is 2.00 bits per heavy atom. The number of rotatable bonds is 11. The lowest BCUT2D eigenvalue weighted by Gasteiger charge is -2.32. The van der Waals surface area contributed by atoms with Gasteiger partial charge < -0.3 is 31.0 Å². The highest BCUT2D eigenvalue weighted by atomic mass is 19.1. The van der Waals surface area contributed by atoms with Gasteiger partial charge in [-0.1, -0.05) is 23.4 Å². The van der Waals surface area contributed by atoms with E-state index in [1.165, 1.54) is 18.5 Å². The molecule has 0 spiro atoms. The predicted molar refractivity (Wildman–Crippen MR) is 127 cm³/mol. The monoisotopic (exact) mass is 502 g/mol. The molecule has 7 N–H and O–H groups in total. The van der Waals surface area contributed by atoms with Crippen molar-refractivity contribution in [3.8, 4) is 11.1 Å². The van der Waals surface area contributed by atoms with Gasteiger partial charge in [-0.25, -0.2) is 19.2 Å². The molecule has 1 aromatic heterocycles. The number of alkyl carbamates (subject to hydrolysis) is 1. The third-order valence-corrected chi connectivity index (χ3v) is 5.21. The minimum absolute atomic E-state index is 0.129. The number of oxime groups is 1. The van der Waals surface area contributed by atoms with Crippen LogP contribution in [-0.2, 0) is 21.0 Å². The van der Waals surface area contributed by atoms with E-state index in [0.717, 1.165) is 5.71 Å². The molecule has 1 aromatic carbocycles. The molecule has 3 rings (SSSR count). The summed E-state index contributed by atoms with van der Waals surface area (Å²) >= 11 is 0. The van der Waals surface area contributed by atoms with Crippen LogP contribution in [0.2, 0.25) is 0 Å². The van der Waals surface area contributed by atoms with Gasteiger partial charge in [-0.2, -0.15) is 0 Å². The van der Waals surface area contributed by atoms with Crippen LogP contribution in [0.25, 0.3) is 11.1 Å². The molecule has 0 saturated carbocycles. The fourth-order valence-electron chi connectivity index (χ4n) is 3.23. The molecule has 1 atom stereocenters. The van der Waals surface area contributed by atoms with E-state index in [4.69, 9.17) is 26.5 Å². The Morgan fingerprint density at radius 3 is 2.64 bits per heavy atom. The summed E-state index contributed by atoms with van der Waals surface area (Å²) in [6.45, 7) is 0.605. The van der Waals surface area contributed by atoms with E-state index in [0.29, 0.717) is 31.0 Å². The van der Waals surface area contributed by atoms with Crippen LogP contribution in [0, 0.1) is 17.1 Å². The highest BCUT2D eigenvalue weighted by Crippen LogP contribution is 2.26. The van der Waals surface area contributed by atoms with E-state index < -0.39 is 23.8 Å². The number of amides is 2. The lowest BCUT2D eigenvalue weighted by Crippen LogP contribution is -2.48. The molecule has 0 bridgehead atoms. The van der Waals surface area contributed by atoms with Crippen molar-refractivity contribution in [2.75, 3.05) is 31.2 Å². The topological polar surface area (TPSA) is 202 Å². The van der Waals surface area contributed by atoms with Crippen molar-refractivity contribution in [3.05, 3.63) is 42.0 Å². The summed E-state index contributed by atoms with van der Waals surface area (Å²) in [5, 5.41) is 22.3. The zero-order valence-electron chi connectivity index (χ0n) is 19.3. The van der Waals surface area contributed by atoms with Crippen molar-refractivity contribution < 1.29 is 28.7 Å². The van der Waals surface area contributed by atoms with Gasteiger partial charge in [0.05, 0.1) is 18.8 Å². The number of anilines is 1. The first-order chi connectivity index (χ1) is 17.3. The average Bonchev–Trinajstić information content (AvgIpc) is 2.81. The Balaban J connectivity index is 1.52. The number of aliphatic hydroxyl groups excluding tert-OH is 1. The number of ether oxygens (including phenoxy) is 1. The second-order valence-corrected chi connectivity index (χ2v) is 8.03. The van der Waals surface area contributed by atoms with Crippen molar-refractivity contribution in [2.24, 2.45) is 22.5 Å². The zero-order chi connectivity index (χ0) is 26.1. The Morgan fingerprint density at radius 1 is 1.28 bits per heavy atom. The van der Waals surface area contributed by atoms with E-state index in [1.807, 2.05) is 10.2 Å². The highest BCUT2D eigenvalue weighted by Gasteiger charge is 2.25. The summed E-state index contributed by atoms with van der Waals surface area (Å²) in [6, 6.07) is 4.64. The molecule has 2 amide bonds. The molecule has 1 fully saturated rings. The normalized spacial score (nSPS) is 13.4. The van der Waals surface area contributed by atoms with Crippen LogP contribution >= 0.6 is 0 Å². The number of hydrogen-bond acceptors (Lipinski definition) is 10. The summed E-state index contributed by atoms with van der Waals surface area (Å²) in [7, 11) is 0. The van der Waals surface area contributed by atoms with E-state index in [-0.39, 0.29) is 43.3 Å². The summed E-state index contributed by atoms with van der Waals surface area (Å²) in [6.07, 6.45) is 2.62. The Kier molecular flexibility index (Phi) is 9.05. The van der Waals surface area contributed by atoms with Crippen LogP contribution in [0.1, 0.15) is 18.4 Å². The number of aromatic nitrogens is 2. The Labute approximate surface area is 205 Å². The maximum Gasteiger partial charge on any atom is 0.414 e. The number of primary amides is 1. The molecule has 1 aliphatic heterocycles. The molecule has 2 aromatic rings. The molecule has 36 heavy (non-hydrogen) atoms. The fourth-order valence-corrected chi connectivity index (χ4v) is 3.23. The smallest absolute Gasteiger partial charge is 0.414 e. The lowest BCUT2D eigenvalue weighted by molar-refractivity contribution is -0.118. The van der Waals surface area contributed by atoms with Crippen molar-refractivity contribution in [1.29, 1.82) is 5.41 Å². The zero-order valence-corrected chi connectivity index (χ0v) is 19.3. The molecular weight excluding hydrogens is 475 g/mol. The van der Waals surface area contributed by atoms with Crippen LogP contribution < -0.4 is 21.7 Å². The van der Waals surface area contributed by atoms with Crippen LogP contribution in [0.5, 0.6) is 0 Å². The Bertz CT molecular complexity index is 1120. The van der Waals surface area contributed by atoms with Crippen molar-refractivity contribution >= 4 is 29.6 Å². The number of aliphatic hydroxyl groups is 1. The molecule has 2 heterocycles. The quantitative estimate of drug-likeness (QED) is 0.164. The molecule has 192 valence electrons. The second-order valence-electron chi connectivity index (χ2n) is 8.03. The van der Waals surface area contributed by atoms with E-state index in [1.54, 1.807) is 12.1 Å². The summed E-state index contributed by atoms with van der Waals surface area (Å²) in [4.78, 5) is 38.0. The van der Waals surface area contributed by atoms with Gasteiger partial charge in [0.15, 0.2) is 5.96 Å². The van der Waals surface area contributed by atoms with Crippen molar-refractivity contribution in [2.45, 2.75) is 19.4 Å². The SMILES string of the molecule is N=C(N)NC(=O)OCc1cccc(-c2cnc(N3CC(=NOCC(CO)CCC(N)=O)C3)nc2)c1F. The van der Waals surface area contributed by atoms with E-state index in [2.05, 4.69) is 15.1 Å². The Hall–Kier alpha value is -4.33. The first-order valence-corrected chi connectivity index (χ1v) is 11.0. The number of nitrogens with zero attached hydrogens (tertiary/aromatic N) is 4.